The van der Waals surface area contributed by atoms with Gasteiger partial charge in [-0.15, -0.1) is 0 Å². The van der Waals surface area contributed by atoms with E-state index in [9.17, 15) is 14.9 Å². The number of pyridine rings is 2. The van der Waals surface area contributed by atoms with Crippen molar-refractivity contribution < 1.29 is 9.18 Å². The average Bonchev–Trinajstić information content (AvgIpc) is 3.03. The number of carbonyl (C=O) groups is 1. The summed E-state index contributed by atoms with van der Waals surface area (Å²) in [6, 6.07) is 9.92. The van der Waals surface area contributed by atoms with Crippen molar-refractivity contribution in [1.29, 1.82) is 5.26 Å². The first-order valence-electron chi connectivity index (χ1n) is 14.8. The highest BCUT2D eigenvalue weighted by Gasteiger charge is 2.30. The molecule has 0 unspecified atom stereocenters. The minimum absolute atomic E-state index is 0.102. The van der Waals surface area contributed by atoms with Crippen LogP contribution in [0, 0.1) is 17.1 Å². The number of rotatable bonds is 7. The molecule has 1 aliphatic rings. The third-order valence-corrected chi connectivity index (χ3v) is 8.11. The quantitative estimate of drug-likeness (QED) is 0.285. The molecule has 45 heavy (non-hydrogen) atoms. The minimum atomic E-state index is -0.600. The highest BCUT2D eigenvalue weighted by Crippen LogP contribution is 2.38. The van der Waals surface area contributed by atoms with Crippen molar-refractivity contribution in [3.05, 3.63) is 87.0 Å². The topological polar surface area (TPSA) is 134 Å². The Balaban J connectivity index is 1.84. The molecule has 0 saturated carbocycles. The summed E-state index contributed by atoms with van der Waals surface area (Å²) in [6.07, 6.45) is 4.52. The molecule has 0 radical (unpaired) electrons. The second-order valence-corrected chi connectivity index (χ2v) is 11.8. The lowest BCUT2D eigenvalue weighted by molar-refractivity contribution is -0.126. The van der Waals surface area contributed by atoms with Gasteiger partial charge in [0, 0.05) is 49.7 Å². The van der Waals surface area contributed by atoms with E-state index >= 15 is 4.39 Å². The Labute approximate surface area is 265 Å². The van der Waals surface area contributed by atoms with E-state index in [1.165, 1.54) is 23.0 Å². The molecule has 1 fully saturated rings. The summed E-state index contributed by atoms with van der Waals surface area (Å²) in [5.74, 6) is -0.895. The number of benzene rings is 1. The summed E-state index contributed by atoms with van der Waals surface area (Å²) in [6.45, 7) is 9.52. The number of hydrogen-bond acceptors (Lipinski definition) is 8. The van der Waals surface area contributed by atoms with E-state index in [1.807, 2.05) is 32.6 Å². The number of nitrogens with zero attached hydrogens (tertiary/aromatic N) is 7. The van der Waals surface area contributed by atoms with Gasteiger partial charge in [-0.25, -0.2) is 19.3 Å². The molecule has 1 saturated heterocycles. The molecule has 4 heterocycles. The lowest BCUT2D eigenvalue weighted by atomic mass is 10.00. The molecular weight excluding hydrogens is 595 g/mol. The SMILES string of the molecule is CC(C)c1ncnc(C(C)C)c1-n1c(=O)c(C#N)c(N2CCN(C(=O)C=CCN)CC2)c2cc(Cl)c(-c3ccccc3F)nc21. The number of amides is 1. The summed E-state index contributed by atoms with van der Waals surface area (Å²) >= 11 is 6.82. The van der Waals surface area contributed by atoms with Crippen LogP contribution in [-0.2, 0) is 4.79 Å². The zero-order valence-corrected chi connectivity index (χ0v) is 26.3. The van der Waals surface area contributed by atoms with Gasteiger partial charge in [0.15, 0.2) is 0 Å². The maximum atomic E-state index is 15.1. The monoisotopic (exact) mass is 628 g/mol. The van der Waals surface area contributed by atoms with Crippen LogP contribution in [0.3, 0.4) is 0 Å². The number of nitrogens with two attached hydrogens (primary N) is 1. The fraction of sp³-hybridized carbons (Fsp3) is 0.333. The van der Waals surface area contributed by atoms with Crippen LogP contribution in [0.1, 0.15) is 56.5 Å². The molecule has 0 aliphatic carbocycles. The fourth-order valence-corrected chi connectivity index (χ4v) is 5.91. The van der Waals surface area contributed by atoms with Gasteiger partial charge >= 0.3 is 0 Å². The van der Waals surface area contributed by atoms with Crippen molar-refractivity contribution in [2.75, 3.05) is 37.6 Å². The highest BCUT2D eigenvalue weighted by molar-refractivity contribution is 6.34. The Morgan fingerprint density at radius 3 is 2.31 bits per heavy atom. The lowest BCUT2D eigenvalue weighted by Crippen LogP contribution is -2.49. The van der Waals surface area contributed by atoms with Crippen LogP contribution in [-0.4, -0.2) is 63.0 Å². The number of aromatic nitrogens is 4. The Morgan fingerprint density at radius 2 is 1.73 bits per heavy atom. The maximum Gasteiger partial charge on any atom is 0.276 e. The predicted molar refractivity (Wildman–Crippen MR) is 173 cm³/mol. The molecule has 1 aliphatic heterocycles. The molecule has 1 amide bonds. The maximum absolute atomic E-state index is 15.1. The Bertz CT molecular complexity index is 1880. The van der Waals surface area contributed by atoms with Crippen molar-refractivity contribution in [1.82, 2.24) is 24.4 Å². The first-order chi connectivity index (χ1) is 21.6. The zero-order chi connectivity index (χ0) is 32.4. The second-order valence-electron chi connectivity index (χ2n) is 11.4. The molecule has 1 aromatic carbocycles. The molecule has 4 aromatic rings. The molecule has 10 nitrogen and oxygen atoms in total. The molecular formula is C33H34ClFN8O2. The fourth-order valence-electron chi connectivity index (χ4n) is 5.65. The van der Waals surface area contributed by atoms with Crippen molar-refractivity contribution in [3.8, 4) is 23.0 Å². The first-order valence-corrected chi connectivity index (χ1v) is 15.2. The van der Waals surface area contributed by atoms with E-state index in [-0.39, 0.29) is 51.8 Å². The van der Waals surface area contributed by atoms with E-state index in [2.05, 4.69) is 16.0 Å². The van der Waals surface area contributed by atoms with Gasteiger partial charge in [0.05, 0.1) is 33.5 Å². The summed E-state index contributed by atoms with van der Waals surface area (Å²) in [4.78, 5) is 44.7. The molecule has 0 spiro atoms. The third kappa shape index (κ3) is 5.91. The molecule has 3 aromatic heterocycles. The minimum Gasteiger partial charge on any atom is -0.366 e. The van der Waals surface area contributed by atoms with Gasteiger partial charge in [-0.1, -0.05) is 57.5 Å². The summed E-state index contributed by atoms with van der Waals surface area (Å²) in [5, 5.41) is 11.1. The van der Waals surface area contributed by atoms with Gasteiger partial charge in [0.25, 0.3) is 5.56 Å². The van der Waals surface area contributed by atoms with Crippen molar-refractivity contribution in [3.63, 3.8) is 0 Å². The number of fused-ring (bicyclic) bond motifs is 1. The van der Waals surface area contributed by atoms with Crippen LogP contribution in [0.4, 0.5) is 10.1 Å². The Hall–Kier alpha value is -4.66. The van der Waals surface area contributed by atoms with Crippen LogP contribution >= 0.6 is 11.6 Å². The summed E-state index contributed by atoms with van der Waals surface area (Å²) in [5.41, 5.74) is 7.34. The van der Waals surface area contributed by atoms with Gasteiger partial charge in [-0.3, -0.25) is 14.2 Å². The largest absolute Gasteiger partial charge is 0.366 e. The first kappa shape index (κ1) is 31.8. The smallest absolute Gasteiger partial charge is 0.276 e. The highest BCUT2D eigenvalue weighted by atomic mass is 35.5. The van der Waals surface area contributed by atoms with Crippen molar-refractivity contribution in [2.24, 2.45) is 5.73 Å². The average molecular weight is 629 g/mol. The number of piperazine rings is 1. The Morgan fingerprint density at radius 1 is 1.09 bits per heavy atom. The van der Waals surface area contributed by atoms with Gasteiger partial charge in [0.1, 0.15) is 29.4 Å². The summed E-state index contributed by atoms with van der Waals surface area (Å²) < 4.78 is 16.5. The standard InChI is InChI=1S/C33H34ClFN8O2/c1-19(2)27-31(28(20(3)4)39-18-38-27)43-32-22(16-24(34)29(40-32)21-8-5-6-9-25(21)35)30(23(17-37)33(43)45)42-14-12-41(13-15-42)26(44)10-7-11-36/h5-10,16,18-20H,11-15,36H2,1-4H3. The van der Waals surface area contributed by atoms with E-state index in [0.717, 1.165) is 0 Å². The van der Waals surface area contributed by atoms with Crippen LogP contribution in [0.2, 0.25) is 5.02 Å². The van der Waals surface area contributed by atoms with Gasteiger partial charge in [0.2, 0.25) is 5.91 Å². The number of carbonyl (C=O) groups excluding carboxylic acids is 1. The van der Waals surface area contributed by atoms with Crippen molar-refractivity contribution in [2.45, 2.75) is 39.5 Å². The zero-order valence-electron chi connectivity index (χ0n) is 25.6. The number of halogens is 2. The molecule has 232 valence electrons. The van der Waals surface area contributed by atoms with Crippen molar-refractivity contribution >= 4 is 34.2 Å². The molecule has 5 rings (SSSR count). The van der Waals surface area contributed by atoms with E-state index < -0.39 is 11.4 Å². The van der Waals surface area contributed by atoms with Crippen LogP contribution < -0.4 is 16.2 Å². The van der Waals surface area contributed by atoms with E-state index in [0.29, 0.717) is 54.3 Å². The molecule has 12 heteroatoms. The molecule has 0 atom stereocenters. The molecule has 0 bridgehead atoms. The van der Waals surface area contributed by atoms with Gasteiger partial charge < -0.3 is 15.5 Å². The van der Waals surface area contributed by atoms with Gasteiger partial charge in [-0.05, 0) is 30.0 Å². The predicted octanol–water partition coefficient (Wildman–Crippen LogP) is 4.92. The summed E-state index contributed by atoms with van der Waals surface area (Å²) in [7, 11) is 0. The van der Waals surface area contributed by atoms with E-state index in [1.54, 1.807) is 35.2 Å². The molecule has 2 N–H and O–H groups in total. The van der Waals surface area contributed by atoms with Gasteiger partial charge in [-0.2, -0.15) is 5.26 Å². The number of anilines is 1. The van der Waals surface area contributed by atoms with Crippen LogP contribution in [0.15, 0.2) is 53.6 Å². The normalized spacial score (nSPS) is 13.8. The Kier molecular flexibility index (Phi) is 9.27. The third-order valence-electron chi connectivity index (χ3n) is 7.82. The number of nitriles is 1. The second kappa shape index (κ2) is 13.1. The van der Waals surface area contributed by atoms with Crippen LogP contribution in [0.5, 0.6) is 0 Å². The van der Waals surface area contributed by atoms with E-state index in [4.69, 9.17) is 22.3 Å². The lowest BCUT2D eigenvalue weighted by Gasteiger charge is -2.36. The number of hydrogen-bond donors (Lipinski definition) is 1. The van der Waals surface area contributed by atoms with Crippen LogP contribution in [0.25, 0.3) is 28.0 Å².